The van der Waals surface area contributed by atoms with Crippen LogP contribution in [0.4, 0.5) is 0 Å². The average molecular weight is 420 g/mol. The van der Waals surface area contributed by atoms with E-state index in [9.17, 15) is 29.4 Å². The molecule has 0 radical (unpaired) electrons. The Bertz CT molecular complexity index is 896. The van der Waals surface area contributed by atoms with E-state index in [0.717, 1.165) is 10.5 Å². The van der Waals surface area contributed by atoms with Crippen LogP contribution >= 0.6 is 11.8 Å². The van der Waals surface area contributed by atoms with Gasteiger partial charge in [0.05, 0.1) is 0 Å². The lowest BCUT2D eigenvalue weighted by Crippen LogP contribution is -2.71. The molecular formula is C19H20N2O7S. The number of aliphatic hydroxyl groups excluding tert-OH is 1. The van der Waals surface area contributed by atoms with Gasteiger partial charge in [0.15, 0.2) is 6.10 Å². The van der Waals surface area contributed by atoms with Gasteiger partial charge >= 0.3 is 11.9 Å². The fraction of sp³-hybridized carbons (Fsp3) is 0.368. The lowest BCUT2D eigenvalue weighted by Gasteiger charge is -2.49. The van der Waals surface area contributed by atoms with Crippen LogP contribution in [-0.2, 0) is 23.9 Å². The first-order valence-electron chi connectivity index (χ1n) is 8.79. The molecule has 2 aliphatic rings. The van der Waals surface area contributed by atoms with Crippen LogP contribution < -0.4 is 5.32 Å². The summed E-state index contributed by atoms with van der Waals surface area (Å²) in [6, 6.07) is 5.81. The molecule has 1 saturated heterocycles. The highest BCUT2D eigenvalue weighted by molar-refractivity contribution is 8.00. The number of benzene rings is 1. The van der Waals surface area contributed by atoms with Crippen LogP contribution in [0.15, 0.2) is 35.5 Å². The molecule has 154 valence electrons. The molecule has 1 unspecified atom stereocenters. The number of ether oxygens (including phenoxy) is 1. The highest BCUT2D eigenvalue weighted by atomic mass is 32.2. The Labute approximate surface area is 170 Å². The molecule has 3 N–H and O–H groups in total. The van der Waals surface area contributed by atoms with Crippen LogP contribution in [0.3, 0.4) is 0 Å². The van der Waals surface area contributed by atoms with Crippen molar-refractivity contribution in [1.29, 1.82) is 0 Å². The molecule has 0 saturated carbocycles. The topological polar surface area (TPSA) is 133 Å². The quantitative estimate of drug-likeness (QED) is 0.443. The van der Waals surface area contributed by atoms with E-state index in [0.29, 0.717) is 11.1 Å². The smallest absolute Gasteiger partial charge is 0.352 e. The highest BCUT2D eigenvalue weighted by Gasteiger charge is 2.54. The summed E-state index contributed by atoms with van der Waals surface area (Å²) >= 11 is 1.25. The number of carbonyl (C=O) groups is 4. The number of nitrogens with one attached hydrogen (secondary N) is 1. The third-order valence-electron chi connectivity index (χ3n) is 4.64. The summed E-state index contributed by atoms with van der Waals surface area (Å²) in [6.07, 6.45) is -1.44. The van der Waals surface area contributed by atoms with Crippen LogP contribution in [-0.4, -0.2) is 62.6 Å². The summed E-state index contributed by atoms with van der Waals surface area (Å²) in [5.74, 6) is -2.96. The van der Waals surface area contributed by atoms with Gasteiger partial charge in [0.25, 0.3) is 11.8 Å². The maximum atomic E-state index is 12.5. The molecule has 1 aromatic rings. The SMILES string of the molecule is CC(=O)OCC1=C(C(=O)O)N2C(=O)[C@@H](NC(=O)C(O)c3ccc(C)cc3)[C@H]2SC1. The van der Waals surface area contributed by atoms with E-state index in [1.807, 2.05) is 6.92 Å². The van der Waals surface area contributed by atoms with Gasteiger partial charge in [-0.3, -0.25) is 19.3 Å². The van der Waals surface area contributed by atoms with Crippen LogP contribution in [0.25, 0.3) is 0 Å². The van der Waals surface area contributed by atoms with Crippen LogP contribution in [0.1, 0.15) is 24.2 Å². The molecule has 0 bridgehead atoms. The van der Waals surface area contributed by atoms with Gasteiger partial charge in [0.2, 0.25) is 0 Å². The molecule has 1 fully saturated rings. The number of fused-ring (bicyclic) bond motifs is 1. The Hall–Kier alpha value is -2.85. The monoisotopic (exact) mass is 420 g/mol. The molecule has 0 spiro atoms. The number of hydrogen-bond donors (Lipinski definition) is 3. The predicted octanol–water partition coefficient (Wildman–Crippen LogP) is 0.330. The average Bonchev–Trinajstić information content (AvgIpc) is 2.69. The van der Waals surface area contributed by atoms with E-state index >= 15 is 0 Å². The second kappa shape index (κ2) is 8.26. The summed E-state index contributed by atoms with van der Waals surface area (Å²) in [5.41, 5.74) is 1.45. The summed E-state index contributed by atoms with van der Waals surface area (Å²) in [7, 11) is 0. The number of esters is 1. The zero-order valence-electron chi connectivity index (χ0n) is 15.7. The summed E-state index contributed by atoms with van der Waals surface area (Å²) in [4.78, 5) is 48.7. The standard InChI is InChI=1S/C19H20N2O7S/c1-9-3-5-11(6-4-9)15(23)16(24)20-13-17(25)21-14(19(26)27)12(7-28-10(2)22)8-29-18(13)21/h3-6,13,15,18,23H,7-8H2,1-2H3,(H,20,24)(H,26,27)/t13-,15?,18-/m1/s1. The number of aliphatic hydroxyl groups is 1. The first kappa shape index (κ1) is 20.9. The number of β-lactam (4-membered cyclic amide) rings is 1. The fourth-order valence-corrected chi connectivity index (χ4v) is 4.44. The first-order chi connectivity index (χ1) is 13.7. The van der Waals surface area contributed by atoms with Crippen LogP contribution in [0.5, 0.6) is 0 Å². The number of amides is 2. The van der Waals surface area contributed by atoms with E-state index in [2.05, 4.69) is 5.32 Å². The Morgan fingerprint density at radius 2 is 1.97 bits per heavy atom. The molecular weight excluding hydrogens is 400 g/mol. The molecule has 3 rings (SSSR count). The second-order valence-electron chi connectivity index (χ2n) is 6.75. The molecule has 29 heavy (non-hydrogen) atoms. The van der Waals surface area contributed by atoms with Crippen molar-refractivity contribution < 1.29 is 34.1 Å². The second-order valence-corrected chi connectivity index (χ2v) is 7.85. The maximum absolute atomic E-state index is 12.5. The van der Waals surface area contributed by atoms with Crippen molar-refractivity contribution in [3.05, 3.63) is 46.7 Å². The molecule has 10 heteroatoms. The molecule has 9 nitrogen and oxygen atoms in total. The van der Waals surface area contributed by atoms with Gasteiger partial charge in [-0.15, -0.1) is 11.8 Å². The van der Waals surface area contributed by atoms with Crippen molar-refractivity contribution >= 4 is 35.5 Å². The van der Waals surface area contributed by atoms with Gasteiger partial charge in [-0.05, 0) is 12.5 Å². The zero-order chi connectivity index (χ0) is 21.3. The molecule has 2 heterocycles. The number of nitrogens with zero attached hydrogens (tertiary/aromatic N) is 1. The Morgan fingerprint density at radius 3 is 2.55 bits per heavy atom. The normalized spacial score (nSPS) is 21.8. The minimum Gasteiger partial charge on any atom is -0.477 e. The molecule has 0 aromatic heterocycles. The van der Waals surface area contributed by atoms with Crippen molar-refractivity contribution in [3.8, 4) is 0 Å². The zero-order valence-corrected chi connectivity index (χ0v) is 16.6. The van der Waals surface area contributed by atoms with Gasteiger partial charge < -0.3 is 20.3 Å². The van der Waals surface area contributed by atoms with Gasteiger partial charge in [-0.1, -0.05) is 29.8 Å². The first-order valence-corrected chi connectivity index (χ1v) is 9.84. The Morgan fingerprint density at radius 1 is 1.31 bits per heavy atom. The Kier molecular flexibility index (Phi) is 5.94. The van der Waals surface area contributed by atoms with E-state index in [4.69, 9.17) is 4.74 Å². The van der Waals surface area contributed by atoms with Crippen molar-refractivity contribution in [2.75, 3.05) is 12.4 Å². The number of aryl methyl sites for hydroxylation is 1. The van der Waals surface area contributed by atoms with Crippen molar-refractivity contribution in [2.45, 2.75) is 31.4 Å². The van der Waals surface area contributed by atoms with Gasteiger partial charge in [-0.2, -0.15) is 0 Å². The number of thioether (sulfide) groups is 1. The summed E-state index contributed by atoms with van der Waals surface area (Å²) in [6.45, 7) is 2.87. The number of hydrogen-bond acceptors (Lipinski definition) is 7. The molecule has 0 aliphatic carbocycles. The number of rotatable bonds is 6. The van der Waals surface area contributed by atoms with Crippen molar-refractivity contribution in [3.63, 3.8) is 0 Å². The van der Waals surface area contributed by atoms with Crippen molar-refractivity contribution in [1.82, 2.24) is 10.2 Å². The number of carbonyl (C=O) groups excluding carboxylic acids is 3. The van der Waals surface area contributed by atoms with Crippen LogP contribution in [0.2, 0.25) is 0 Å². The molecule has 2 amide bonds. The molecule has 1 aromatic carbocycles. The fourth-order valence-electron chi connectivity index (χ4n) is 3.12. The number of aliphatic carboxylic acids is 1. The predicted molar refractivity (Wildman–Crippen MR) is 102 cm³/mol. The minimum absolute atomic E-state index is 0.219. The summed E-state index contributed by atoms with van der Waals surface area (Å²) in [5, 5.41) is 21.6. The van der Waals surface area contributed by atoms with Crippen LogP contribution in [0, 0.1) is 6.92 Å². The third kappa shape index (κ3) is 4.13. The van der Waals surface area contributed by atoms with Gasteiger partial charge in [0.1, 0.15) is 23.7 Å². The van der Waals surface area contributed by atoms with E-state index in [1.165, 1.54) is 18.7 Å². The van der Waals surface area contributed by atoms with Crippen molar-refractivity contribution in [2.24, 2.45) is 0 Å². The van der Waals surface area contributed by atoms with E-state index < -0.39 is 41.3 Å². The Balaban J connectivity index is 1.71. The van der Waals surface area contributed by atoms with E-state index in [-0.39, 0.29) is 18.1 Å². The molecule has 2 aliphatic heterocycles. The summed E-state index contributed by atoms with van der Waals surface area (Å²) < 4.78 is 4.87. The maximum Gasteiger partial charge on any atom is 0.352 e. The lowest BCUT2D eigenvalue weighted by molar-refractivity contribution is -0.152. The highest BCUT2D eigenvalue weighted by Crippen LogP contribution is 2.40. The third-order valence-corrected chi connectivity index (χ3v) is 5.98. The minimum atomic E-state index is -1.44. The molecule has 3 atom stereocenters. The van der Waals surface area contributed by atoms with Gasteiger partial charge in [0, 0.05) is 18.2 Å². The van der Waals surface area contributed by atoms with Gasteiger partial charge in [-0.25, -0.2) is 4.79 Å². The largest absolute Gasteiger partial charge is 0.477 e. The number of carboxylic acids is 1. The number of carboxylic acid groups (broad SMARTS) is 1. The lowest BCUT2D eigenvalue weighted by atomic mass is 10.0. The van der Waals surface area contributed by atoms with E-state index in [1.54, 1.807) is 24.3 Å².